The maximum atomic E-state index is 6.26. The van der Waals surface area contributed by atoms with E-state index >= 15 is 0 Å². The molecule has 3 heteroatoms. The van der Waals surface area contributed by atoms with Crippen molar-refractivity contribution in [1.29, 1.82) is 0 Å². The van der Waals surface area contributed by atoms with Crippen molar-refractivity contribution in [3.8, 4) is 0 Å². The van der Waals surface area contributed by atoms with Gasteiger partial charge in [-0.3, -0.25) is 0 Å². The minimum Gasteiger partial charge on any atom is -0.327 e. The fourth-order valence-corrected chi connectivity index (χ4v) is 3.44. The van der Waals surface area contributed by atoms with Gasteiger partial charge >= 0.3 is 0 Å². The van der Waals surface area contributed by atoms with Gasteiger partial charge in [-0.2, -0.15) is 0 Å². The van der Waals surface area contributed by atoms with Crippen LogP contribution >= 0.6 is 11.3 Å². The molecule has 2 N–H and O–H groups in total. The molecule has 0 saturated carbocycles. The Labute approximate surface area is 119 Å². The zero-order valence-electron chi connectivity index (χ0n) is 12.2. The van der Waals surface area contributed by atoms with Crippen LogP contribution in [0.25, 0.3) is 0 Å². The van der Waals surface area contributed by atoms with Crippen molar-refractivity contribution in [2.24, 2.45) is 5.73 Å². The highest BCUT2D eigenvalue weighted by Gasteiger charge is 2.10. The third kappa shape index (κ3) is 3.88. The Hall–Kier alpha value is -1.19. The lowest BCUT2D eigenvalue weighted by Gasteiger charge is -2.11. The third-order valence-electron chi connectivity index (χ3n) is 3.29. The molecule has 1 unspecified atom stereocenters. The Balaban J connectivity index is 2.02. The van der Waals surface area contributed by atoms with Gasteiger partial charge in [0.25, 0.3) is 0 Å². The van der Waals surface area contributed by atoms with Gasteiger partial charge in [-0.1, -0.05) is 29.3 Å². The van der Waals surface area contributed by atoms with E-state index in [9.17, 15) is 0 Å². The fraction of sp³-hybridized carbons (Fsp3) is 0.438. The Bertz CT molecular complexity index is 532. The molecule has 1 heterocycles. The summed E-state index contributed by atoms with van der Waals surface area (Å²) in [5.74, 6) is 0. The Morgan fingerprint density at radius 2 is 1.68 bits per heavy atom. The van der Waals surface area contributed by atoms with Crippen LogP contribution in [-0.4, -0.2) is 11.0 Å². The summed E-state index contributed by atoms with van der Waals surface area (Å²) in [4.78, 5) is 5.87. The first kappa shape index (κ1) is 14.2. The third-order valence-corrected chi connectivity index (χ3v) is 4.38. The molecule has 0 radical (unpaired) electrons. The molecule has 0 amide bonds. The fourth-order valence-electron chi connectivity index (χ4n) is 2.41. The van der Waals surface area contributed by atoms with Crippen LogP contribution in [0, 0.1) is 27.7 Å². The topological polar surface area (TPSA) is 38.9 Å². The molecule has 0 aliphatic carbocycles. The lowest BCUT2D eigenvalue weighted by atomic mass is 10.0. The van der Waals surface area contributed by atoms with Crippen LogP contribution < -0.4 is 5.73 Å². The van der Waals surface area contributed by atoms with E-state index in [0.717, 1.165) is 23.5 Å². The van der Waals surface area contributed by atoms with E-state index in [2.05, 4.69) is 50.9 Å². The molecule has 1 atom stereocenters. The summed E-state index contributed by atoms with van der Waals surface area (Å²) in [6.45, 7) is 8.45. The monoisotopic (exact) mass is 274 g/mol. The predicted octanol–water partition coefficient (Wildman–Crippen LogP) is 3.49. The van der Waals surface area contributed by atoms with Crippen molar-refractivity contribution in [2.45, 2.75) is 46.6 Å². The van der Waals surface area contributed by atoms with Gasteiger partial charge in [0.2, 0.25) is 0 Å². The molecular weight excluding hydrogens is 252 g/mol. The zero-order valence-corrected chi connectivity index (χ0v) is 13.0. The normalized spacial score (nSPS) is 12.7. The number of aryl methyl sites for hydroxylation is 4. The Morgan fingerprint density at radius 1 is 1.05 bits per heavy atom. The van der Waals surface area contributed by atoms with Gasteiger partial charge in [-0.15, -0.1) is 11.3 Å². The second-order valence-electron chi connectivity index (χ2n) is 5.41. The van der Waals surface area contributed by atoms with E-state index in [-0.39, 0.29) is 6.04 Å². The van der Waals surface area contributed by atoms with E-state index in [4.69, 9.17) is 5.73 Å². The molecule has 0 aliphatic heterocycles. The highest BCUT2D eigenvalue weighted by Crippen LogP contribution is 2.19. The van der Waals surface area contributed by atoms with Gasteiger partial charge in [0, 0.05) is 17.3 Å². The van der Waals surface area contributed by atoms with Gasteiger partial charge in [0.1, 0.15) is 0 Å². The lowest BCUT2D eigenvalue weighted by Crippen LogP contribution is -2.25. The zero-order chi connectivity index (χ0) is 14.0. The highest BCUT2D eigenvalue weighted by atomic mass is 32.1. The Kier molecular flexibility index (Phi) is 4.38. The molecule has 19 heavy (non-hydrogen) atoms. The molecule has 0 saturated heterocycles. The predicted molar refractivity (Wildman–Crippen MR) is 82.9 cm³/mol. The molecule has 1 aromatic heterocycles. The van der Waals surface area contributed by atoms with Gasteiger partial charge < -0.3 is 5.73 Å². The quantitative estimate of drug-likeness (QED) is 0.927. The van der Waals surface area contributed by atoms with E-state index in [1.54, 1.807) is 11.3 Å². The van der Waals surface area contributed by atoms with Crippen molar-refractivity contribution in [3.63, 3.8) is 0 Å². The SMILES string of the molecule is Cc1cc(C)cc(CC(N)Cc2nc(C)c(C)s2)c1. The standard InChI is InChI=1S/C16H22N2S/c1-10-5-11(2)7-14(6-10)8-15(17)9-16-18-12(3)13(4)19-16/h5-7,15H,8-9,17H2,1-4H3. The highest BCUT2D eigenvalue weighted by molar-refractivity contribution is 7.11. The molecule has 0 fully saturated rings. The maximum absolute atomic E-state index is 6.26. The van der Waals surface area contributed by atoms with Gasteiger partial charge in [-0.05, 0) is 39.7 Å². The van der Waals surface area contributed by atoms with Gasteiger partial charge in [-0.25, -0.2) is 4.98 Å². The number of hydrogen-bond donors (Lipinski definition) is 1. The van der Waals surface area contributed by atoms with Gasteiger partial charge in [0.05, 0.1) is 10.7 Å². The number of hydrogen-bond acceptors (Lipinski definition) is 3. The van der Waals surface area contributed by atoms with Crippen LogP contribution in [0.2, 0.25) is 0 Å². The summed E-state index contributed by atoms with van der Waals surface area (Å²) in [5, 5.41) is 1.16. The summed E-state index contributed by atoms with van der Waals surface area (Å²) in [7, 11) is 0. The number of nitrogens with two attached hydrogens (primary N) is 1. The Morgan fingerprint density at radius 3 is 2.21 bits per heavy atom. The second-order valence-corrected chi connectivity index (χ2v) is 6.70. The maximum Gasteiger partial charge on any atom is 0.0946 e. The molecule has 2 aromatic rings. The molecule has 0 bridgehead atoms. The van der Waals surface area contributed by atoms with E-state index in [1.807, 2.05) is 0 Å². The van der Waals surface area contributed by atoms with Crippen LogP contribution in [0.15, 0.2) is 18.2 Å². The first-order chi connectivity index (χ1) is 8.94. The van der Waals surface area contributed by atoms with Gasteiger partial charge in [0.15, 0.2) is 0 Å². The lowest BCUT2D eigenvalue weighted by molar-refractivity contribution is 0.661. The molecule has 2 rings (SSSR count). The number of aromatic nitrogens is 1. The first-order valence-corrected chi connectivity index (χ1v) is 7.51. The van der Waals surface area contributed by atoms with E-state index in [1.165, 1.54) is 21.6 Å². The molecule has 1 aromatic carbocycles. The summed E-state index contributed by atoms with van der Waals surface area (Å²) >= 11 is 1.77. The van der Waals surface area contributed by atoms with Crippen molar-refractivity contribution in [1.82, 2.24) is 4.98 Å². The van der Waals surface area contributed by atoms with Crippen molar-refractivity contribution in [2.75, 3.05) is 0 Å². The van der Waals surface area contributed by atoms with Crippen molar-refractivity contribution in [3.05, 3.63) is 50.5 Å². The molecule has 0 spiro atoms. The second kappa shape index (κ2) is 5.85. The number of rotatable bonds is 4. The smallest absolute Gasteiger partial charge is 0.0946 e. The average molecular weight is 274 g/mol. The summed E-state index contributed by atoms with van der Waals surface area (Å²) in [6, 6.07) is 6.80. The van der Waals surface area contributed by atoms with Crippen LogP contribution in [0.1, 0.15) is 32.3 Å². The largest absolute Gasteiger partial charge is 0.327 e. The van der Waals surface area contributed by atoms with Crippen LogP contribution in [-0.2, 0) is 12.8 Å². The minimum absolute atomic E-state index is 0.145. The van der Waals surface area contributed by atoms with Crippen LogP contribution in [0.3, 0.4) is 0 Å². The molecular formula is C16H22N2S. The number of thiazole rings is 1. The van der Waals surface area contributed by atoms with E-state index < -0.39 is 0 Å². The first-order valence-electron chi connectivity index (χ1n) is 6.69. The van der Waals surface area contributed by atoms with Crippen molar-refractivity contribution >= 4 is 11.3 Å². The summed E-state index contributed by atoms with van der Waals surface area (Å²) in [6.07, 6.45) is 1.78. The van der Waals surface area contributed by atoms with Crippen LogP contribution in [0.4, 0.5) is 0 Å². The van der Waals surface area contributed by atoms with Crippen molar-refractivity contribution < 1.29 is 0 Å². The average Bonchev–Trinajstić information content (AvgIpc) is 2.55. The van der Waals surface area contributed by atoms with E-state index in [0.29, 0.717) is 0 Å². The summed E-state index contributed by atoms with van der Waals surface area (Å²) in [5.41, 5.74) is 11.3. The molecule has 2 nitrogen and oxygen atoms in total. The summed E-state index contributed by atoms with van der Waals surface area (Å²) < 4.78 is 0. The molecule has 0 aliphatic rings. The number of nitrogens with zero attached hydrogens (tertiary/aromatic N) is 1. The van der Waals surface area contributed by atoms with Crippen LogP contribution in [0.5, 0.6) is 0 Å². The minimum atomic E-state index is 0.145. The molecule has 102 valence electrons. The number of benzene rings is 1.